The molecule has 0 atom stereocenters. The van der Waals surface area contributed by atoms with E-state index in [9.17, 15) is 9.59 Å². The summed E-state index contributed by atoms with van der Waals surface area (Å²) in [5, 5.41) is 5.54. The van der Waals surface area contributed by atoms with Gasteiger partial charge in [-0.05, 0) is 48.5 Å². The first-order valence-electron chi connectivity index (χ1n) is 8.07. The monoisotopic (exact) mass is 418 g/mol. The average Bonchev–Trinajstić information content (AvgIpc) is 2.65. The maximum absolute atomic E-state index is 12.3. The van der Waals surface area contributed by atoms with Gasteiger partial charge in [0.2, 0.25) is 5.91 Å². The van der Waals surface area contributed by atoms with Gasteiger partial charge in [0, 0.05) is 23.1 Å². The molecule has 2 amide bonds. The highest BCUT2D eigenvalue weighted by atomic mass is 35.5. The Morgan fingerprint density at radius 1 is 0.857 bits per heavy atom. The van der Waals surface area contributed by atoms with Crippen molar-refractivity contribution in [3.63, 3.8) is 0 Å². The molecular weight excluding hydrogens is 399 g/mol. The highest BCUT2D eigenvalue weighted by molar-refractivity contribution is 6.06. The molecule has 3 rings (SSSR count). The molecule has 0 unspecified atom stereocenters. The van der Waals surface area contributed by atoms with Crippen molar-refractivity contribution in [3.05, 3.63) is 84.2 Å². The zero-order valence-electron chi connectivity index (χ0n) is 14.8. The Balaban J connectivity index is 0.00000196. The minimum atomic E-state index is -0.269. The number of nitrogens with zero attached hydrogens (tertiary/aromatic N) is 1. The third-order valence-corrected chi connectivity index (χ3v) is 3.71. The van der Waals surface area contributed by atoms with Crippen LogP contribution in [-0.2, 0) is 11.2 Å². The Kier molecular flexibility index (Phi) is 8.95. The largest absolute Gasteiger partial charge is 0.397 e. The first kappa shape index (κ1) is 23.0. The van der Waals surface area contributed by atoms with Crippen LogP contribution in [0.25, 0.3) is 0 Å². The maximum atomic E-state index is 12.3. The van der Waals surface area contributed by atoms with Gasteiger partial charge in [-0.2, -0.15) is 0 Å². The number of hydrogen-bond donors (Lipinski definition) is 3. The van der Waals surface area contributed by atoms with Crippen molar-refractivity contribution < 1.29 is 9.59 Å². The predicted octanol–water partition coefficient (Wildman–Crippen LogP) is 3.94. The minimum absolute atomic E-state index is 0. The van der Waals surface area contributed by atoms with Crippen LogP contribution in [0.2, 0.25) is 0 Å². The molecule has 8 heteroatoms. The summed E-state index contributed by atoms with van der Waals surface area (Å²) < 4.78 is 0. The van der Waals surface area contributed by atoms with Crippen LogP contribution < -0.4 is 16.4 Å². The van der Waals surface area contributed by atoms with Crippen molar-refractivity contribution in [1.29, 1.82) is 0 Å². The van der Waals surface area contributed by atoms with E-state index in [4.69, 9.17) is 5.73 Å². The smallest absolute Gasteiger partial charge is 0.255 e. The second kappa shape index (κ2) is 10.9. The van der Waals surface area contributed by atoms with E-state index >= 15 is 0 Å². The molecule has 0 radical (unpaired) electrons. The van der Waals surface area contributed by atoms with E-state index in [1.807, 2.05) is 6.07 Å². The number of carbonyl (C=O) groups is 2. The molecule has 6 nitrogen and oxygen atoms in total. The quantitative estimate of drug-likeness (QED) is 0.546. The van der Waals surface area contributed by atoms with E-state index in [1.165, 1.54) is 0 Å². The maximum Gasteiger partial charge on any atom is 0.255 e. The van der Waals surface area contributed by atoms with E-state index in [2.05, 4.69) is 15.6 Å². The van der Waals surface area contributed by atoms with Gasteiger partial charge >= 0.3 is 0 Å². The second-order valence-electron chi connectivity index (χ2n) is 5.66. The molecule has 4 N–H and O–H groups in total. The second-order valence-corrected chi connectivity index (χ2v) is 5.66. The van der Waals surface area contributed by atoms with Gasteiger partial charge in [-0.3, -0.25) is 14.6 Å². The number of halogens is 2. The van der Waals surface area contributed by atoms with Crippen LogP contribution in [0.15, 0.2) is 72.9 Å². The average molecular weight is 419 g/mol. The summed E-state index contributed by atoms with van der Waals surface area (Å²) in [5.41, 5.74) is 8.66. The molecule has 0 aliphatic carbocycles. The van der Waals surface area contributed by atoms with Gasteiger partial charge in [0.15, 0.2) is 0 Å². The fourth-order valence-corrected chi connectivity index (χ4v) is 2.38. The topological polar surface area (TPSA) is 97.1 Å². The Morgan fingerprint density at radius 3 is 2.18 bits per heavy atom. The Labute approximate surface area is 175 Å². The van der Waals surface area contributed by atoms with Gasteiger partial charge < -0.3 is 16.4 Å². The number of amides is 2. The summed E-state index contributed by atoms with van der Waals surface area (Å²) in [4.78, 5) is 28.4. The van der Waals surface area contributed by atoms with Crippen molar-refractivity contribution in [2.45, 2.75) is 6.42 Å². The standard InChI is InChI=1S/C20H18N4O2.2ClH/c21-17-6-1-2-7-18(17)24-20(26)14-8-10-15(11-9-14)23-19(25)13-16-5-3-4-12-22-16;;/h1-12H,13,21H2,(H,23,25)(H,24,26);2*1H. The summed E-state index contributed by atoms with van der Waals surface area (Å²) >= 11 is 0. The first-order valence-corrected chi connectivity index (χ1v) is 8.07. The van der Waals surface area contributed by atoms with Crippen molar-refractivity contribution >= 4 is 53.7 Å². The fraction of sp³-hybridized carbons (Fsp3) is 0.0500. The lowest BCUT2D eigenvalue weighted by Crippen LogP contribution is -2.16. The lowest BCUT2D eigenvalue weighted by atomic mass is 10.1. The van der Waals surface area contributed by atoms with Gasteiger partial charge in [0.1, 0.15) is 0 Å². The predicted molar refractivity (Wildman–Crippen MR) is 116 cm³/mol. The van der Waals surface area contributed by atoms with E-state index in [0.29, 0.717) is 28.3 Å². The van der Waals surface area contributed by atoms with E-state index < -0.39 is 0 Å². The first-order chi connectivity index (χ1) is 12.6. The summed E-state index contributed by atoms with van der Waals surface area (Å²) in [6, 6.07) is 19.1. The highest BCUT2D eigenvalue weighted by Crippen LogP contribution is 2.18. The SMILES string of the molecule is Cl.Cl.Nc1ccccc1NC(=O)c1ccc(NC(=O)Cc2ccccn2)cc1. The van der Waals surface area contributed by atoms with Crippen LogP contribution in [0, 0.1) is 0 Å². The lowest BCUT2D eigenvalue weighted by Gasteiger charge is -2.09. The summed E-state index contributed by atoms with van der Waals surface area (Å²) in [5.74, 6) is -0.438. The fourth-order valence-electron chi connectivity index (χ4n) is 2.38. The molecule has 0 aliphatic rings. The number of para-hydroxylation sites is 2. The molecule has 3 aromatic rings. The molecule has 146 valence electrons. The van der Waals surface area contributed by atoms with Crippen molar-refractivity contribution in [3.8, 4) is 0 Å². The van der Waals surface area contributed by atoms with Crippen LogP contribution in [0.5, 0.6) is 0 Å². The zero-order valence-corrected chi connectivity index (χ0v) is 16.4. The lowest BCUT2D eigenvalue weighted by molar-refractivity contribution is -0.115. The number of rotatable bonds is 5. The number of hydrogen-bond acceptors (Lipinski definition) is 4. The Hall–Kier alpha value is -3.09. The third kappa shape index (κ3) is 6.26. The van der Waals surface area contributed by atoms with Gasteiger partial charge in [-0.25, -0.2) is 0 Å². The van der Waals surface area contributed by atoms with Crippen molar-refractivity contribution in [2.24, 2.45) is 0 Å². The summed E-state index contributed by atoms with van der Waals surface area (Å²) in [7, 11) is 0. The van der Waals surface area contributed by atoms with Crippen molar-refractivity contribution in [2.75, 3.05) is 16.4 Å². The molecule has 0 aliphatic heterocycles. The van der Waals surface area contributed by atoms with Gasteiger partial charge in [0.25, 0.3) is 5.91 Å². The zero-order chi connectivity index (χ0) is 18.4. The number of nitrogens with one attached hydrogen (secondary N) is 2. The van der Waals surface area contributed by atoms with Crippen molar-refractivity contribution in [1.82, 2.24) is 4.98 Å². The number of benzene rings is 2. The highest BCUT2D eigenvalue weighted by Gasteiger charge is 2.09. The minimum Gasteiger partial charge on any atom is -0.397 e. The molecule has 0 spiro atoms. The number of nitrogen functional groups attached to an aromatic ring is 1. The molecule has 28 heavy (non-hydrogen) atoms. The molecule has 1 aromatic heterocycles. The van der Waals surface area contributed by atoms with Crippen LogP contribution in [-0.4, -0.2) is 16.8 Å². The van der Waals surface area contributed by atoms with Crippen LogP contribution in [0.1, 0.15) is 16.1 Å². The van der Waals surface area contributed by atoms with E-state index in [-0.39, 0.29) is 43.0 Å². The molecule has 0 saturated carbocycles. The molecular formula is C20H20Cl2N4O2. The van der Waals surface area contributed by atoms with Gasteiger partial charge in [0.05, 0.1) is 17.8 Å². The number of anilines is 3. The number of aromatic nitrogens is 1. The summed E-state index contributed by atoms with van der Waals surface area (Å²) in [6.07, 6.45) is 1.84. The number of nitrogens with two attached hydrogens (primary N) is 1. The molecule has 0 bridgehead atoms. The Morgan fingerprint density at radius 2 is 1.54 bits per heavy atom. The molecule has 0 saturated heterocycles. The molecule has 0 fully saturated rings. The third-order valence-electron chi connectivity index (χ3n) is 3.71. The van der Waals surface area contributed by atoms with Gasteiger partial charge in [-0.15, -0.1) is 24.8 Å². The number of pyridine rings is 1. The Bertz CT molecular complexity index is 919. The normalized spacial score (nSPS) is 9.43. The van der Waals surface area contributed by atoms with Crippen LogP contribution in [0.3, 0.4) is 0 Å². The molecule has 2 aromatic carbocycles. The van der Waals surface area contributed by atoms with E-state index in [1.54, 1.807) is 66.9 Å². The number of carbonyl (C=O) groups excluding carboxylic acids is 2. The van der Waals surface area contributed by atoms with Crippen LogP contribution >= 0.6 is 24.8 Å². The van der Waals surface area contributed by atoms with Crippen LogP contribution in [0.4, 0.5) is 17.1 Å². The summed E-state index contributed by atoms with van der Waals surface area (Å²) in [6.45, 7) is 0. The van der Waals surface area contributed by atoms with E-state index in [0.717, 1.165) is 0 Å². The molecule has 1 heterocycles. The van der Waals surface area contributed by atoms with Gasteiger partial charge in [-0.1, -0.05) is 18.2 Å².